The molecule has 0 amide bonds. The SMILES string of the molecule is CC(=O)C=C(C)O.Cc1cc2c(-c3[c-]cc(C(C)(C)C)cc3)nccc2s1.Cc1cc2c(-c3[c-]cc(C(C)(C)C)cc3)nccc2s1.Cc1cc2c(-c3ccc(C(C)(C)C)cc3)nccc2s1.O=CO[O-].[H-].[Ir].[Ir].[K+].[K+]. The average molecular weight is 1470 g/mol. The summed E-state index contributed by atoms with van der Waals surface area (Å²) in [5, 5.41) is 20.5. The van der Waals surface area contributed by atoms with Gasteiger partial charge in [-0.05, 0) is 115 Å². The normalized spacial score (nSPS) is 10.9. The number of aromatic nitrogens is 3. The van der Waals surface area contributed by atoms with Gasteiger partial charge in [0.1, 0.15) is 0 Å². The number of aliphatic hydroxyl groups excluding tert-OH is 1. The number of aliphatic hydroxyl groups is 1. The zero-order valence-electron chi connectivity index (χ0n) is 46.9. The predicted molar refractivity (Wildman–Crippen MR) is 298 cm³/mol. The van der Waals surface area contributed by atoms with Crippen LogP contribution in [-0.2, 0) is 70.9 Å². The van der Waals surface area contributed by atoms with Gasteiger partial charge in [-0.25, -0.2) is 0 Å². The van der Waals surface area contributed by atoms with Crippen LogP contribution in [0, 0.1) is 32.9 Å². The summed E-state index contributed by atoms with van der Waals surface area (Å²) in [5.41, 5.74) is 11.0. The minimum atomic E-state index is -0.181. The summed E-state index contributed by atoms with van der Waals surface area (Å²) >= 11 is 5.46. The Kier molecular flexibility index (Phi) is 30.8. The van der Waals surface area contributed by atoms with Crippen LogP contribution in [0.15, 0.2) is 127 Å². The van der Waals surface area contributed by atoms with Gasteiger partial charge in [-0.15, -0.1) is 105 Å². The molecule has 0 aliphatic heterocycles. The van der Waals surface area contributed by atoms with E-state index >= 15 is 0 Å². The second-order valence-electron chi connectivity index (χ2n) is 20.2. The van der Waals surface area contributed by atoms with Crippen molar-refractivity contribution in [3.8, 4) is 33.8 Å². The number of pyridine rings is 3. The van der Waals surface area contributed by atoms with Gasteiger partial charge in [0.2, 0.25) is 0 Å². The number of ketones is 1. The van der Waals surface area contributed by atoms with Crippen LogP contribution in [0.2, 0.25) is 0 Å². The summed E-state index contributed by atoms with van der Waals surface area (Å²) in [5.74, 6) is -0.0625. The third-order valence-corrected chi connectivity index (χ3v) is 14.1. The molecule has 75 heavy (non-hydrogen) atoms. The van der Waals surface area contributed by atoms with Crippen molar-refractivity contribution < 1.29 is 169 Å². The average Bonchev–Trinajstić information content (AvgIpc) is 4.02. The molecule has 8 nitrogen and oxygen atoms in total. The number of benzene rings is 3. The molecule has 0 atom stereocenters. The van der Waals surface area contributed by atoms with E-state index in [1.54, 1.807) is 0 Å². The Morgan fingerprint density at radius 3 is 1.16 bits per heavy atom. The van der Waals surface area contributed by atoms with E-state index in [2.05, 4.69) is 212 Å². The van der Waals surface area contributed by atoms with Crippen molar-refractivity contribution in [3.05, 3.63) is 171 Å². The Morgan fingerprint density at radius 1 is 0.573 bits per heavy atom. The summed E-state index contributed by atoms with van der Waals surface area (Å²) < 4.78 is 3.90. The van der Waals surface area contributed by atoms with E-state index < -0.39 is 0 Å². The van der Waals surface area contributed by atoms with Gasteiger partial charge in [-0.2, -0.15) is 0 Å². The maximum Gasteiger partial charge on any atom is 1.00 e. The second-order valence-corrected chi connectivity index (χ2v) is 24.0. The number of hydrogen-bond acceptors (Lipinski definition) is 11. The van der Waals surface area contributed by atoms with Crippen molar-refractivity contribution in [1.82, 2.24) is 15.0 Å². The molecule has 0 fully saturated rings. The van der Waals surface area contributed by atoms with E-state index in [0.717, 1.165) is 28.2 Å². The van der Waals surface area contributed by atoms with Crippen LogP contribution in [0.3, 0.4) is 0 Å². The molecule has 0 saturated carbocycles. The minimum Gasteiger partial charge on any atom is -1.00 e. The zero-order chi connectivity index (χ0) is 52.3. The Hall–Kier alpha value is -1.80. The van der Waals surface area contributed by atoms with E-state index in [4.69, 9.17) is 15.2 Å². The fourth-order valence-electron chi connectivity index (χ4n) is 7.43. The molecule has 1 N–H and O–H groups in total. The number of allylic oxidation sites excluding steroid dienone is 2. The number of fused-ring (bicyclic) bond motifs is 3. The third-order valence-electron chi connectivity index (χ3n) is 11.0. The summed E-state index contributed by atoms with van der Waals surface area (Å²) in [7, 11) is 0. The van der Waals surface area contributed by atoms with Crippen LogP contribution >= 0.6 is 34.0 Å². The van der Waals surface area contributed by atoms with Crippen molar-refractivity contribution in [1.29, 1.82) is 0 Å². The molecule has 0 spiro atoms. The van der Waals surface area contributed by atoms with Gasteiger partial charge >= 0.3 is 103 Å². The van der Waals surface area contributed by atoms with Crippen molar-refractivity contribution in [2.75, 3.05) is 0 Å². The molecule has 6 heterocycles. The standard InChI is InChI=1S/C18H19NS.2C18H18NS.C5H8O2.CH2O3.2Ir.2K.H/c3*1-12-11-15-16(20-12)9-10-19-17(15)13-5-7-14(8-6-13)18(2,3)4;1-4(6)3-5(2)7;2-1-4-3;;;;;/h5-11H,1-4H3;2*5,7-11H,1-4H3;3,6H,1-2H3;1,3H;;;;;/q;2*-1;;;;;2*+1;-1/p-1. The first-order chi connectivity index (χ1) is 33.4. The van der Waals surface area contributed by atoms with Crippen LogP contribution < -0.4 is 108 Å². The summed E-state index contributed by atoms with van der Waals surface area (Å²) in [6.07, 6.45) is 6.85. The largest absolute Gasteiger partial charge is 1.00 e. The van der Waals surface area contributed by atoms with Crippen molar-refractivity contribution in [2.24, 2.45) is 0 Å². The van der Waals surface area contributed by atoms with E-state index in [-0.39, 0.29) is 179 Å². The zero-order valence-corrected chi connectivity index (χ0v) is 59.4. The maximum atomic E-state index is 10.0. The number of hydrogen-bond donors (Lipinski definition) is 1. The Bertz CT molecular complexity index is 2930. The van der Waals surface area contributed by atoms with E-state index in [1.807, 2.05) is 52.6 Å². The number of carbonyl (C=O) groups is 2. The molecule has 6 aromatic heterocycles. The fraction of sp³-hybridized carbons (Fsp3) is 0.283. The minimum absolute atomic E-state index is 0. The molecule has 9 rings (SSSR count). The number of nitrogens with zero attached hydrogens (tertiary/aromatic N) is 3. The monoisotopic (exact) mass is 1470 g/mol. The molecule has 9 aromatic rings. The number of carbonyl (C=O) groups excluding carboxylic acids is 2. The van der Waals surface area contributed by atoms with Gasteiger partial charge in [-0.3, -0.25) is 14.6 Å². The van der Waals surface area contributed by atoms with Crippen LogP contribution in [0.5, 0.6) is 0 Å². The molecule has 390 valence electrons. The first kappa shape index (κ1) is 71.2. The van der Waals surface area contributed by atoms with Gasteiger partial charge in [0.05, 0.1) is 11.5 Å². The number of thiophene rings is 3. The molecule has 2 radical (unpaired) electrons. The molecule has 0 aliphatic carbocycles. The molecule has 0 aliphatic rings. The van der Waals surface area contributed by atoms with Crippen LogP contribution in [0.25, 0.3) is 64.0 Å². The quantitative estimate of drug-likeness (QED) is 0.0344. The van der Waals surface area contributed by atoms with Crippen LogP contribution in [0.1, 0.15) is 109 Å². The van der Waals surface area contributed by atoms with Crippen molar-refractivity contribution >= 4 is 76.5 Å². The van der Waals surface area contributed by atoms with Gasteiger partial charge in [-0.1, -0.05) is 86.6 Å². The number of aryl methyl sites for hydroxylation is 3. The molecule has 0 bridgehead atoms. The third kappa shape index (κ3) is 21.3. The number of rotatable bonds is 5. The summed E-state index contributed by atoms with van der Waals surface area (Å²) in [4.78, 5) is 38.9. The molecule has 3 aromatic carbocycles. The van der Waals surface area contributed by atoms with E-state index in [9.17, 15) is 4.79 Å². The smallest absolute Gasteiger partial charge is 1.00 e. The van der Waals surface area contributed by atoms with E-state index in [0.29, 0.717) is 0 Å². The Morgan fingerprint density at radius 2 is 0.893 bits per heavy atom. The summed E-state index contributed by atoms with van der Waals surface area (Å²) in [6, 6.07) is 41.4. The van der Waals surface area contributed by atoms with Gasteiger partial charge in [0.25, 0.3) is 6.47 Å². The molecular formula is C60H65Ir2K2N3O5S3-2. The van der Waals surface area contributed by atoms with Crippen molar-refractivity contribution in [3.63, 3.8) is 0 Å². The van der Waals surface area contributed by atoms with Crippen molar-refractivity contribution in [2.45, 2.75) is 113 Å². The molecule has 0 saturated heterocycles. The van der Waals surface area contributed by atoms with Crippen LogP contribution in [0.4, 0.5) is 0 Å². The first-order valence-electron chi connectivity index (χ1n) is 23.2. The van der Waals surface area contributed by atoms with Crippen LogP contribution in [-0.4, -0.2) is 32.3 Å². The molecule has 15 heteroatoms. The Labute approximate surface area is 570 Å². The topological polar surface area (TPSA) is 125 Å². The van der Waals surface area contributed by atoms with Gasteiger partial charge < -0.3 is 26.6 Å². The first-order valence-corrected chi connectivity index (χ1v) is 25.7. The van der Waals surface area contributed by atoms with Gasteiger partial charge in [0, 0.05) is 105 Å². The van der Waals surface area contributed by atoms with E-state index in [1.165, 1.54) is 87.1 Å². The Balaban J connectivity index is 0.000000980. The summed E-state index contributed by atoms with van der Waals surface area (Å²) in [6.45, 7) is 29.1. The maximum absolute atomic E-state index is 10.0. The van der Waals surface area contributed by atoms with Gasteiger partial charge in [0.15, 0.2) is 5.78 Å². The fourth-order valence-corrected chi connectivity index (χ4v) is 10.2. The second kappa shape index (κ2) is 32.5. The molecule has 0 unspecified atom stereocenters. The molecular weight excluding hydrogens is 1400 g/mol. The predicted octanol–water partition coefficient (Wildman–Crippen LogP) is 9.90.